The molecule has 26 heavy (non-hydrogen) atoms. The Hall–Kier alpha value is -2.16. The molecule has 1 amide bonds. The largest absolute Gasteiger partial charge is 0.366 e. The number of hydrogen-bond acceptors (Lipinski definition) is 6. The van der Waals surface area contributed by atoms with E-state index in [0.717, 1.165) is 0 Å². The average Bonchev–Trinajstić information content (AvgIpc) is 3.09. The van der Waals surface area contributed by atoms with E-state index in [1.165, 1.54) is 17.8 Å². The SMILES string of the molecule is CC(C)(C)n1nnnc1SCC(=O)N1CCN(c2ccccc2F)CC1. The summed E-state index contributed by atoms with van der Waals surface area (Å²) in [4.78, 5) is 16.3. The summed E-state index contributed by atoms with van der Waals surface area (Å²) in [5.74, 6) is 0.111. The molecule has 3 rings (SSSR count). The van der Waals surface area contributed by atoms with Gasteiger partial charge in [-0.3, -0.25) is 4.79 Å². The first-order valence-corrected chi connectivity index (χ1v) is 9.54. The molecule has 0 saturated carbocycles. The van der Waals surface area contributed by atoms with E-state index in [1.807, 2.05) is 36.6 Å². The number of nitrogens with zero attached hydrogens (tertiary/aromatic N) is 6. The fourth-order valence-electron chi connectivity index (χ4n) is 2.81. The molecule has 0 unspecified atom stereocenters. The van der Waals surface area contributed by atoms with Crippen LogP contribution in [0, 0.1) is 5.82 Å². The van der Waals surface area contributed by atoms with E-state index >= 15 is 0 Å². The zero-order chi connectivity index (χ0) is 18.7. The van der Waals surface area contributed by atoms with Gasteiger partial charge in [-0.25, -0.2) is 9.07 Å². The van der Waals surface area contributed by atoms with Crippen LogP contribution in [0.3, 0.4) is 0 Å². The van der Waals surface area contributed by atoms with Gasteiger partial charge in [-0.2, -0.15) is 0 Å². The lowest BCUT2D eigenvalue weighted by Gasteiger charge is -2.36. The zero-order valence-corrected chi connectivity index (χ0v) is 16.0. The third kappa shape index (κ3) is 4.14. The molecule has 1 fully saturated rings. The fraction of sp³-hybridized carbons (Fsp3) is 0.529. The number of halogens is 1. The van der Waals surface area contributed by atoms with Crippen LogP contribution in [0.5, 0.6) is 0 Å². The minimum absolute atomic E-state index is 0.0478. The van der Waals surface area contributed by atoms with Gasteiger partial charge < -0.3 is 9.80 Å². The normalized spacial score (nSPS) is 15.4. The van der Waals surface area contributed by atoms with Crippen LogP contribution in [0.4, 0.5) is 10.1 Å². The van der Waals surface area contributed by atoms with Crippen molar-refractivity contribution in [3.63, 3.8) is 0 Å². The van der Waals surface area contributed by atoms with Gasteiger partial charge in [0, 0.05) is 26.2 Å². The number of amides is 1. The lowest BCUT2D eigenvalue weighted by Crippen LogP contribution is -2.49. The lowest BCUT2D eigenvalue weighted by molar-refractivity contribution is -0.128. The second kappa shape index (κ2) is 7.61. The molecule has 1 aromatic heterocycles. The molecule has 1 aliphatic rings. The summed E-state index contributed by atoms with van der Waals surface area (Å²) in [5, 5.41) is 12.3. The van der Waals surface area contributed by atoms with Gasteiger partial charge in [0.05, 0.1) is 17.0 Å². The Balaban J connectivity index is 1.53. The van der Waals surface area contributed by atoms with Gasteiger partial charge in [0.25, 0.3) is 0 Å². The first-order valence-electron chi connectivity index (χ1n) is 8.55. The number of carbonyl (C=O) groups excluding carboxylic acids is 1. The van der Waals surface area contributed by atoms with E-state index in [4.69, 9.17) is 0 Å². The van der Waals surface area contributed by atoms with E-state index in [2.05, 4.69) is 15.5 Å². The van der Waals surface area contributed by atoms with Crippen LogP contribution in [-0.2, 0) is 10.3 Å². The van der Waals surface area contributed by atoms with Crippen LogP contribution in [-0.4, -0.2) is 62.9 Å². The molecule has 0 atom stereocenters. The minimum atomic E-state index is -0.236. The molecule has 0 spiro atoms. The Morgan fingerprint density at radius 3 is 2.54 bits per heavy atom. The van der Waals surface area contributed by atoms with Gasteiger partial charge >= 0.3 is 0 Å². The Morgan fingerprint density at radius 2 is 1.88 bits per heavy atom. The quantitative estimate of drug-likeness (QED) is 0.758. The van der Waals surface area contributed by atoms with Crippen LogP contribution in [0.1, 0.15) is 20.8 Å². The molecule has 140 valence electrons. The van der Waals surface area contributed by atoms with Gasteiger partial charge in [-0.1, -0.05) is 23.9 Å². The van der Waals surface area contributed by atoms with Crippen LogP contribution >= 0.6 is 11.8 Å². The predicted molar refractivity (Wildman–Crippen MR) is 98.7 cm³/mol. The first kappa shape index (κ1) is 18.6. The highest BCUT2D eigenvalue weighted by molar-refractivity contribution is 7.99. The van der Waals surface area contributed by atoms with Crippen molar-refractivity contribution in [1.29, 1.82) is 0 Å². The number of benzene rings is 1. The maximum Gasteiger partial charge on any atom is 0.233 e. The highest BCUT2D eigenvalue weighted by Crippen LogP contribution is 2.23. The highest BCUT2D eigenvalue weighted by atomic mass is 32.2. The summed E-state index contributed by atoms with van der Waals surface area (Å²) < 4.78 is 15.6. The van der Waals surface area contributed by atoms with Crippen molar-refractivity contribution < 1.29 is 9.18 Å². The van der Waals surface area contributed by atoms with Gasteiger partial charge in [-0.15, -0.1) is 5.10 Å². The predicted octanol–water partition coefficient (Wildman–Crippen LogP) is 2.01. The fourth-order valence-corrected chi connectivity index (χ4v) is 3.77. The van der Waals surface area contributed by atoms with Gasteiger partial charge in [0.2, 0.25) is 11.1 Å². The number of carbonyl (C=O) groups is 1. The summed E-state index contributed by atoms with van der Waals surface area (Å²) in [6.07, 6.45) is 0. The summed E-state index contributed by atoms with van der Waals surface area (Å²) in [5.41, 5.74) is 0.360. The molecule has 7 nitrogen and oxygen atoms in total. The van der Waals surface area contributed by atoms with Crippen molar-refractivity contribution >= 4 is 23.4 Å². The van der Waals surface area contributed by atoms with Crippen molar-refractivity contribution in [3.8, 4) is 0 Å². The second-order valence-electron chi connectivity index (χ2n) is 7.15. The number of tetrazole rings is 1. The van der Waals surface area contributed by atoms with Crippen molar-refractivity contribution in [1.82, 2.24) is 25.1 Å². The first-order chi connectivity index (χ1) is 12.4. The van der Waals surface area contributed by atoms with E-state index < -0.39 is 0 Å². The van der Waals surface area contributed by atoms with Crippen molar-refractivity contribution in [3.05, 3.63) is 30.1 Å². The number of piperazine rings is 1. The topological polar surface area (TPSA) is 67.2 Å². The third-order valence-electron chi connectivity index (χ3n) is 4.23. The van der Waals surface area contributed by atoms with Gasteiger partial charge in [0.1, 0.15) is 5.82 Å². The Morgan fingerprint density at radius 1 is 1.19 bits per heavy atom. The molecule has 2 aromatic rings. The van der Waals surface area contributed by atoms with Crippen LogP contribution in [0.2, 0.25) is 0 Å². The number of anilines is 1. The Bertz CT molecular complexity index is 767. The van der Waals surface area contributed by atoms with E-state index in [-0.39, 0.29) is 23.0 Å². The molecule has 1 saturated heterocycles. The molecular formula is C17H23FN6OS. The molecule has 0 radical (unpaired) electrons. The third-order valence-corrected chi connectivity index (χ3v) is 5.13. The number of aromatic nitrogens is 4. The highest BCUT2D eigenvalue weighted by Gasteiger charge is 2.25. The Kier molecular flexibility index (Phi) is 5.45. The maximum atomic E-state index is 13.9. The van der Waals surface area contributed by atoms with Crippen LogP contribution in [0.15, 0.2) is 29.4 Å². The summed E-state index contributed by atoms with van der Waals surface area (Å²) in [7, 11) is 0. The molecule has 2 heterocycles. The van der Waals surface area contributed by atoms with Crippen LogP contribution in [0.25, 0.3) is 0 Å². The number of thioether (sulfide) groups is 1. The Labute approximate surface area is 156 Å². The number of hydrogen-bond donors (Lipinski definition) is 0. The van der Waals surface area contributed by atoms with E-state index in [0.29, 0.717) is 37.0 Å². The molecule has 0 aliphatic carbocycles. The number of rotatable bonds is 4. The minimum Gasteiger partial charge on any atom is -0.366 e. The van der Waals surface area contributed by atoms with Crippen LogP contribution < -0.4 is 4.90 Å². The molecule has 0 bridgehead atoms. The number of para-hydroxylation sites is 1. The smallest absolute Gasteiger partial charge is 0.233 e. The van der Waals surface area contributed by atoms with Crippen molar-refractivity contribution in [2.24, 2.45) is 0 Å². The van der Waals surface area contributed by atoms with Gasteiger partial charge in [-0.05, 0) is 43.3 Å². The monoisotopic (exact) mass is 378 g/mol. The molecule has 0 N–H and O–H groups in total. The summed E-state index contributed by atoms with van der Waals surface area (Å²) in [6.45, 7) is 8.44. The standard InChI is InChI=1S/C17H23FN6OS/c1-17(2,3)24-16(19-20-21-24)26-12-15(25)23-10-8-22(9-11-23)14-7-5-4-6-13(14)18/h4-7H,8-12H2,1-3H3. The molecule has 1 aliphatic heterocycles. The summed E-state index contributed by atoms with van der Waals surface area (Å²) >= 11 is 1.34. The molecule has 9 heteroatoms. The van der Waals surface area contributed by atoms with E-state index in [1.54, 1.807) is 16.8 Å². The summed E-state index contributed by atoms with van der Waals surface area (Å²) in [6, 6.07) is 6.74. The van der Waals surface area contributed by atoms with Gasteiger partial charge in [0.15, 0.2) is 0 Å². The molecule has 1 aromatic carbocycles. The lowest BCUT2D eigenvalue weighted by atomic mass is 10.1. The van der Waals surface area contributed by atoms with Crippen molar-refractivity contribution in [2.45, 2.75) is 31.5 Å². The zero-order valence-electron chi connectivity index (χ0n) is 15.2. The maximum absolute atomic E-state index is 13.9. The van der Waals surface area contributed by atoms with E-state index in [9.17, 15) is 9.18 Å². The second-order valence-corrected chi connectivity index (χ2v) is 8.09. The molecular weight excluding hydrogens is 355 g/mol. The van der Waals surface area contributed by atoms with Crippen molar-refractivity contribution in [2.75, 3.05) is 36.8 Å². The average molecular weight is 378 g/mol.